The summed E-state index contributed by atoms with van der Waals surface area (Å²) in [7, 11) is 0. The summed E-state index contributed by atoms with van der Waals surface area (Å²) >= 11 is 5.71. The molecule has 6 nitrogen and oxygen atoms in total. The van der Waals surface area contributed by atoms with E-state index in [1.54, 1.807) is 31.2 Å². The van der Waals surface area contributed by atoms with Crippen molar-refractivity contribution >= 4 is 29.4 Å². The molecule has 2 heterocycles. The lowest BCUT2D eigenvalue weighted by molar-refractivity contribution is -0.134. The van der Waals surface area contributed by atoms with Gasteiger partial charge in [0, 0.05) is 18.1 Å². The number of benzene rings is 2. The van der Waals surface area contributed by atoms with E-state index in [9.17, 15) is 9.59 Å². The Kier molecular flexibility index (Phi) is 6.15. The third kappa shape index (κ3) is 4.60. The monoisotopic (exact) mass is 451 g/mol. The Hall–Kier alpha value is -3.38. The predicted octanol–water partition coefficient (Wildman–Crippen LogP) is 5.91. The average Bonchev–Trinajstić information content (AvgIpc) is 3.32. The van der Waals surface area contributed by atoms with Gasteiger partial charge in [-0.15, -0.1) is 0 Å². The molecule has 1 aliphatic rings. The van der Waals surface area contributed by atoms with Crippen LogP contribution in [0.2, 0.25) is 5.15 Å². The highest BCUT2D eigenvalue weighted by atomic mass is 35.5. The van der Waals surface area contributed by atoms with Gasteiger partial charge in [0.25, 0.3) is 0 Å². The van der Waals surface area contributed by atoms with Gasteiger partial charge in [-0.2, -0.15) is 0 Å². The first-order valence-corrected chi connectivity index (χ1v) is 10.7. The summed E-state index contributed by atoms with van der Waals surface area (Å²) in [5.74, 6) is 1.30. The molecular weight excluding hydrogens is 430 g/mol. The number of hydrogen-bond acceptors (Lipinski definition) is 6. The molecule has 0 bridgehead atoms. The minimum Gasteiger partial charge on any atom is -0.452 e. The van der Waals surface area contributed by atoms with Gasteiger partial charge in [0.1, 0.15) is 17.3 Å². The standard InChI is InChI=1S/C25H22ClNO5/c1-14(2)17-6-4-16(5-7-17)12-21-24(29)19-9-10-20(15(3)25(19)31-21)30-23(28)11-8-18-13-22(26)27-32-18/h4-7,9-10,12-14H,8,11H2,1-3H3/b21-12-. The number of esters is 1. The fourth-order valence-corrected chi connectivity index (χ4v) is 3.57. The van der Waals surface area contributed by atoms with Crippen molar-refractivity contribution in [1.82, 2.24) is 5.16 Å². The van der Waals surface area contributed by atoms with Gasteiger partial charge in [-0.05, 0) is 42.2 Å². The number of allylic oxidation sites excluding steroid dienone is 1. The lowest BCUT2D eigenvalue weighted by Crippen LogP contribution is -2.10. The first-order chi connectivity index (χ1) is 15.3. The zero-order valence-corrected chi connectivity index (χ0v) is 18.7. The summed E-state index contributed by atoms with van der Waals surface area (Å²) in [5.41, 5.74) is 3.14. The molecule has 0 radical (unpaired) electrons. The van der Waals surface area contributed by atoms with Gasteiger partial charge >= 0.3 is 5.97 Å². The van der Waals surface area contributed by atoms with Crippen LogP contribution in [0.5, 0.6) is 11.5 Å². The second kappa shape index (κ2) is 9.01. The Morgan fingerprint density at radius 2 is 1.94 bits per heavy atom. The third-order valence-electron chi connectivity index (χ3n) is 5.27. The summed E-state index contributed by atoms with van der Waals surface area (Å²) in [6.45, 7) is 6.01. The van der Waals surface area contributed by atoms with Gasteiger partial charge in [-0.1, -0.05) is 54.9 Å². The molecule has 0 saturated carbocycles. The zero-order chi connectivity index (χ0) is 22.8. The summed E-state index contributed by atoms with van der Waals surface area (Å²) in [6, 6.07) is 12.8. The van der Waals surface area contributed by atoms with E-state index in [1.807, 2.05) is 24.3 Å². The van der Waals surface area contributed by atoms with Crippen LogP contribution in [0.15, 0.2) is 52.7 Å². The Bertz CT molecular complexity index is 1210. The fourth-order valence-electron chi connectivity index (χ4n) is 3.41. The molecule has 0 fully saturated rings. The maximum Gasteiger partial charge on any atom is 0.311 e. The lowest BCUT2D eigenvalue weighted by Gasteiger charge is -2.09. The number of ether oxygens (including phenoxy) is 2. The second-order valence-electron chi connectivity index (χ2n) is 7.92. The van der Waals surface area contributed by atoms with E-state index < -0.39 is 5.97 Å². The van der Waals surface area contributed by atoms with E-state index in [4.69, 9.17) is 25.6 Å². The maximum absolute atomic E-state index is 12.8. The molecule has 4 rings (SSSR count). The molecule has 1 aromatic heterocycles. The molecule has 0 N–H and O–H groups in total. The van der Waals surface area contributed by atoms with Crippen LogP contribution in [0.3, 0.4) is 0 Å². The van der Waals surface area contributed by atoms with Crippen LogP contribution in [0.25, 0.3) is 6.08 Å². The minimum atomic E-state index is -0.439. The molecule has 0 aliphatic carbocycles. The van der Waals surface area contributed by atoms with E-state index >= 15 is 0 Å². The first-order valence-electron chi connectivity index (χ1n) is 10.3. The molecule has 0 unspecified atom stereocenters. The zero-order valence-electron chi connectivity index (χ0n) is 18.0. The van der Waals surface area contributed by atoms with Crippen LogP contribution in [0.1, 0.15) is 59.0 Å². The van der Waals surface area contributed by atoms with Gasteiger partial charge in [0.05, 0.1) is 12.0 Å². The van der Waals surface area contributed by atoms with E-state index in [0.717, 1.165) is 5.56 Å². The quantitative estimate of drug-likeness (QED) is 0.263. The van der Waals surface area contributed by atoms with Crippen molar-refractivity contribution in [2.45, 2.75) is 39.5 Å². The smallest absolute Gasteiger partial charge is 0.311 e. The topological polar surface area (TPSA) is 78.6 Å². The van der Waals surface area contributed by atoms with E-state index in [0.29, 0.717) is 40.7 Å². The lowest BCUT2D eigenvalue weighted by atomic mass is 10.0. The van der Waals surface area contributed by atoms with Gasteiger partial charge in [0.15, 0.2) is 10.9 Å². The number of carbonyl (C=O) groups excluding carboxylic acids is 2. The van der Waals surface area contributed by atoms with Crippen LogP contribution in [0.4, 0.5) is 0 Å². The predicted molar refractivity (Wildman–Crippen MR) is 120 cm³/mol. The van der Waals surface area contributed by atoms with Crippen molar-refractivity contribution in [2.75, 3.05) is 0 Å². The van der Waals surface area contributed by atoms with Gasteiger partial charge in [-0.3, -0.25) is 9.59 Å². The molecule has 7 heteroatoms. The van der Waals surface area contributed by atoms with Crippen LogP contribution in [-0.2, 0) is 11.2 Å². The number of fused-ring (bicyclic) bond motifs is 1. The van der Waals surface area contributed by atoms with Crippen molar-refractivity contribution in [3.63, 3.8) is 0 Å². The first kappa shape index (κ1) is 21.8. The van der Waals surface area contributed by atoms with Crippen LogP contribution in [0, 0.1) is 6.92 Å². The van der Waals surface area contributed by atoms with Gasteiger partial charge < -0.3 is 14.0 Å². The van der Waals surface area contributed by atoms with Gasteiger partial charge in [0.2, 0.25) is 5.78 Å². The van der Waals surface area contributed by atoms with Crippen molar-refractivity contribution in [3.05, 3.63) is 81.4 Å². The summed E-state index contributed by atoms with van der Waals surface area (Å²) in [6.07, 6.45) is 2.14. The summed E-state index contributed by atoms with van der Waals surface area (Å²) < 4.78 is 16.3. The average molecular weight is 452 g/mol. The van der Waals surface area contributed by atoms with E-state index in [-0.39, 0.29) is 23.1 Å². The highest BCUT2D eigenvalue weighted by Crippen LogP contribution is 2.39. The Labute approximate surface area is 190 Å². The number of ketones is 1. The maximum atomic E-state index is 12.8. The molecule has 0 amide bonds. The highest BCUT2D eigenvalue weighted by Gasteiger charge is 2.30. The number of Topliss-reactive ketones (excluding diaryl/α,β-unsaturated/α-hetero) is 1. The number of aromatic nitrogens is 1. The number of aryl methyl sites for hydroxylation is 1. The SMILES string of the molecule is Cc1c(OC(=O)CCc2cc(Cl)no2)ccc2c1O/C(=C\c1ccc(C(C)C)cc1)C2=O. The van der Waals surface area contributed by atoms with Crippen molar-refractivity contribution in [2.24, 2.45) is 0 Å². The van der Waals surface area contributed by atoms with E-state index in [2.05, 4.69) is 19.0 Å². The molecule has 0 spiro atoms. The summed E-state index contributed by atoms with van der Waals surface area (Å²) in [5, 5.41) is 3.81. The number of carbonyl (C=O) groups is 2. The Morgan fingerprint density at radius 1 is 1.19 bits per heavy atom. The number of rotatable bonds is 6. The second-order valence-corrected chi connectivity index (χ2v) is 8.30. The summed E-state index contributed by atoms with van der Waals surface area (Å²) in [4.78, 5) is 25.0. The van der Waals surface area contributed by atoms with E-state index in [1.165, 1.54) is 5.56 Å². The van der Waals surface area contributed by atoms with Crippen molar-refractivity contribution in [1.29, 1.82) is 0 Å². The normalized spacial score (nSPS) is 14.0. The Morgan fingerprint density at radius 3 is 2.59 bits per heavy atom. The molecule has 3 aromatic rings. The molecular formula is C25H22ClNO5. The van der Waals surface area contributed by atoms with Gasteiger partial charge in [-0.25, -0.2) is 0 Å². The van der Waals surface area contributed by atoms with Crippen molar-refractivity contribution < 1.29 is 23.6 Å². The molecule has 0 saturated heterocycles. The van der Waals surface area contributed by atoms with Crippen molar-refractivity contribution in [3.8, 4) is 11.5 Å². The minimum absolute atomic E-state index is 0.0966. The largest absolute Gasteiger partial charge is 0.452 e. The number of hydrogen-bond donors (Lipinski definition) is 0. The van der Waals surface area contributed by atoms with Crippen LogP contribution in [-0.4, -0.2) is 16.9 Å². The fraction of sp³-hybridized carbons (Fsp3) is 0.240. The molecule has 2 aromatic carbocycles. The highest BCUT2D eigenvalue weighted by molar-refractivity contribution is 6.29. The molecule has 32 heavy (non-hydrogen) atoms. The van der Waals surface area contributed by atoms with Crippen LogP contribution >= 0.6 is 11.6 Å². The third-order valence-corrected chi connectivity index (χ3v) is 5.45. The van der Waals surface area contributed by atoms with Crippen LogP contribution < -0.4 is 9.47 Å². The molecule has 0 atom stereocenters. The molecule has 1 aliphatic heterocycles. The molecule has 164 valence electrons. The number of nitrogens with zero attached hydrogens (tertiary/aromatic N) is 1. The number of halogens is 1. The Balaban J connectivity index is 1.47.